The van der Waals surface area contributed by atoms with E-state index in [-0.39, 0.29) is 5.91 Å². The largest absolute Gasteiger partial charge is 0.489 e. The number of carbonyl (C=O) groups excluding carboxylic acids is 1. The third kappa shape index (κ3) is 4.37. The first-order chi connectivity index (χ1) is 12.2. The van der Waals surface area contributed by atoms with Gasteiger partial charge in [0.05, 0.1) is 17.7 Å². The molecule has 1 heterocycles. The Morgan fingerprint density at radius 1 is 1.28 bits per heavy atom. The first-order valence-electron chi connectivity index (χ1n) is 8.35. The molecular weight excluding hydrogens is 316 g/mol. The van der Waals surface area contributed by atoms with E-state index in [1.54, 1.807) is 35.2 Å². The molecule has 0 radical (unpaired) electrons. The first kappa shape index (κ1) is 17.0. The van der Waals surface area contributed by atoms with Crippen molar-refractivity contribution >= 4 is 5.91 Å². The molecule has 0 aliphatic carbocycles. The van der Waals surface area contributed by atoms with Crippen LogP contribution in [0, 0.1) is 11.3 Å². The molecule has 1 aliphatic rings. The standard InChI is InChI=1S/C20H20N2O3/c21-12-15-4-2-8-19(11-15)25-14-16-5-1-6-17(10-16)20(24)22-9-3-7-18(23)13-22/h1-2,4-6,8,10-11,18,23H,3,7,9,13-14H2. The minimum atomic E-state index is -0.434. The molecule has 5 heteroatoms. The molecule has 1 unspecified atom stereocenters. The van der Waals surface area contributed by atoms with E-state index in [4.69, 9.17) is 10.00 Å². The predicted molar refractivity (Wildman–Crippen MR) is 93.1 cm³/mol. The van der Waals surface area contributed by atoms with E-state index in [0.29, 0.717) is 36.6 Å². The lowest BCUT2D eigenvalue weighted by Crippen LogP contribution is -2.42. The monoisotopic (exact) mass is 336 g/mol. The van der Waals surface area contributed by atoms with Gasteiger partial charge in [-0.25, -0.2) is 0 Å². The van der Waals surface area contributed by atoms with Crippen LogP contribution in [0.3, 0.4) is 0 Å². The van der Waals surface area contributed by atoms with Crippen molar-refractivity contribution in [2.24, 2.45) is 0 Å². The zero-order valence-corrected chi connectivity index (χ0v) is 13.9. The lowest BCUT2D eigenvalue weighted by atomic mass is 10.1. The van der Waals surface area contributed by atoms with E-state index in [0.717, 1.165) is 18.4 Å². The van der Waals surface area contributed by atoms with Crippen molar-refractivity contribution in [2.75, 3.05) is 13.1 Å². The highest BCUT2D eigenvalue weighted by Crippen LogP contribution is 2.17. The Balaban J connectivity index is 1.66. The van der Waals surface area contributed by atoms with Crippen LogP contribution in [0.4, 0.5) is 0 Å². The van der Waals surface area contributed by atoms with Gasteiger partial charge in [-0.2, -0.15) is 5.26 Å². The van der Waals surface area contributed by atoms with Crippen LogP contribution in [-0.4, -0.2) is 35.1 Å². The van der Waals surface area contributed by atoms with Crippen LogP contribution in [0.5, 0.6) is 5.75 Å². The number of β-amino-alcohol motifs (C(OH)–C–C–N with tert-alkyl or cyclic N) is 1. The second-order valence-corrected chi connectivity index (χ2v) is 6.18. The van der Waals surface area contributed by atoms with Gasteiger partial charge in [-0.05, 0) is 48.7 Å². The van der Waals surface area contributed by atoms with Gasteiger partial charge in [0.2, 0.25) is 0 Å². The van der Waals surface area contributed by atoms with Crippen molar-refractivity contribution in [2.45, 2.75) is 25.6 Å². The SMILES string of the molecule is N#Cc1cccc(OCc2cccc(C(=O)N3CCCC(O)C3)c2)c1. The minimum absolute atomic E-state index is 0.0629. The summed E-state index contributed by atoms with van der Waals surface area (Å²) >= 11 is 0. The van der Waals surface area contributed by atoms with Crippen LogP contribution < -0.4 is 4.74 Å². The molecule has 1 N–H and O–H groups in total. The third-order valence-electron chi connectivity index (χ3n) is 4.23. The van der Waals surface area contributed by atoms with Gasteiger partial charge in [0, 0.05) is 18.7 Å². The minimum Gasteiger partial charge on any atom is -0.489 e. The van der Waals surface area contributed by atoms with E-state index >= 15 is 0 Å². The number of carbonyl (C=O) groups is 1. The molecule has 25 heavy (non-hydrogen) atoms. The smallest absolute Gasteiger partial charge is 0.253 e. The Hall–Kier alpha value is -2.84. The van der Waals surface area contributed by atoms with Gasteiger partial charge in [0.1, 0.15) is 12.4 Å². The summed E-state index contributed by atoms with van der Waals surface area (Å²) in [5, 5.41) is 18.7. The van der Waals surface area contributed by atoms with Crippen LogP contribution >= 0.6 is 0 Å². The summed E-state index contributed by atoms with van der Waals surface area (Å²) in [6.45, 7) is 1.39. The number of hydrogen-bond acceptors (Lipinski definition) is 4. The van der Waals surface area contributed by atoms with Crippen molar-refractivity contribution in [1.29, 1.82) is 5.26 Å². The Morgan fingerprint density at radius 3 is 2.92 bits per heavy atom. The maximum absolute atomic E-state index is 12.6. The molecule has 1 amide bonds. The molecule has 0 saturated carbocycles. The molecule has 1 fully saturated rings. The summed E-state index contributed by atoms with van der Waals surface area (Å²) in [5.41, 5.74) is 2.02. The number of aliphatic hydroxyl groups excluding tert-OH is 1. The Morgan fingerprint density at radius 2 is 2.12 bits per heavy atom. The van der Waals surface area contributed by atoms with Gasteiger partial charge in [-0.15, -0.1) is 0 Å². The van der Waals surface area contributed by atoms with Crippen molar-refractivity contribution in [3.63, 3.8) is 0 Å². The van der Waals surface area contributed by atoms with Crippen LogP contribution in [-0.2, 0) is 6.61 Å². The van der Waals surface area contributed by atoms with Gasteiger partial charge in [-0.1, -0.05) is 18.2 Å². The van der Waals surface area contributed by atoms with E-state index in [1.165, 1.54) is 0 Å². The van der Waals surface area contributed by atoms with Crippen LogP contribution in [0.2, 0.25) is 0 Å². The molecule has 5 nitrogen and oxygen atoms in total. The number of nitrogens with zero attached hydrogens (tertiary/aromatic N) is 2. The molecule has 2 aromatic rings. The molecule has 2 aromatic carbocycles. The summed E-state index contributed by atoms with van der Waals surface area (Å²) < 4.78 is 5.72. The van der Waals surface area contributed by atoms with E-state index in [2.05, 4.69) is 6.07 Å². The molecule has 1 aliphatic heterocycles. The first-order valence-corrected chi connectivity index (χ1v) is 8.35. The molecule has 3 rings (SSSR count). The predicted octanol–water partition coefficient (Wildman–Crippen LogP) is 2.73. The number of hydrogen-bond donors (Lipinski definition) is 1. The molecule has 1 saturated heterocycles. The summed E-state index contributed by atoms with van der Waals surface area (Å²) in [4.78, 5) is 14.3. The number of piperidine rings is 1. The lowest BCUT2D eigenvalue weighted by Gasteiger charge is -2.30. The number of rotatable bonds is 4. The number of likely N-dealkylation sites (tertiary alicyclic amines) is 1. The van der Waals surface area contributed by atoms with Gasteiger partial charge in [0.15, 0.2) is 0 Å². The van der Waals surface area contributed by atoms with Gasteiger partial charge >= 0.3 is 0 Å². The Bertz CT molecular complexity index is 798. The van der Waals surface area contributed by atoms with Crippen molar-refractivity contribution in [3.8, 4) is 11.8 Å². The van der Waals surface area contributed by atoms with E-state index in [1.807, 2.05) is 18.2 Å². The normalized spacial score (nSPS) is 17.0. The molecule has 0 aromatic heterocycles. The van der Waals surface area contributed by atoms with Crippen molar-refractivity contribution in [1.82, 2.24) is 4.90 Å². The fraction of sp³-hybridized carbons (Fsp3) is 0.300. The second kappa shape index (κ2) is 7.82. The molecular formula is C20H20N2O3. The lowest BCUT2D eigenvalue weighted by molar-refractivity contribution is 0.0473. The number of nitriles is 1. The van der Waals surface area contributed by atoms with Crippen LogP contribution in [0.25, 0.3) is 0 Å². The van der Waals surface area contributed by atoms with Crippen LogP contribution in [0.15, 0.2) is 48.5 Å². The summed E-state index contributed by atoms with van der Waals surface area (Å²) in [5.74, 6) is 0.557. The molecule has 0 bridgehead atoms. The van der Waals surface area contributed by atoms with Gasteiger partial charge in [-0.3, -0.25) is 4.79 Å². The average Bonchev–Trinajstić information content (AvgIpc) is 2.66. The molecule has 1 atom stereocenters. The quantitative estimate of drug-likeness (QED) is 0.932. The number of ether oxygens (including phenoxy) is 1. The summed E-state index contributed by atoms with van der Waals surface area (Å²) in [7, 11) is 0. The fourth-order valence-corrected chi connectivity index (χ4v) is 2.94. The maximum Gasteiger partial charge on any atom is 0.253 e. The Kier molecular flexibility index (Phi) is 5.32. The highest BCUT2D eigenvalue weighted by atomic mass is 16.5. The van der Waals surface area contributed by atoms with Gasteiger partial charge < -0.3 is 14.7 Å². The molecule has 128 valence electrons. The summed E-state index contributed by atoms with van der Waals surface area (Å²) in [6.07, 6.45) is 1.14. The Labute approximate surface area is 147 Å². The van der Waals surface area contributed by atoms with E-state index < -0.39 is 6.10 Å². The average molecular weight is 336 g/mol. The fourth-order valence-electron chi connectivity index (χ4n) is 2.94. The van der Waals surface area contributed by atoms with E-state index in [9.17, 15) is 9.90 Å². The van der Waals surface area contributed by atoms with Crippen molar-refractivity contribution < 1.29 is 14.6 Å². The number of aliphatic hydroxyl groups is 1. The maximum atomic E-state index is 12.6. The van der Waals surface area contributed by atoms with Gasteiger partial charge in [0.25, 0.3) is 5.91 Å². The number of benzene rings is 2. The third-order valence-corrected chi connectivity index (χ3v) is 4.23. The number of amides is 1. The van der Waals surface area contributed by atoms with Crippen LogP contribution in [0.1, 0.15) is 34.3 Å². The topological polar surface area (TPSA) is 73.6 Å². The second-order valence-electron chi connectivity index (χ2n) is 6.18. The highest BCUT2D eigenvalue weighted by molar-refractivity contribution is 5.94. The highest BCUT2D eigenvalue weighted by Gasteiger charge is 2.23. The summed E-state index contributed by atoms with van der Waals surface area (Å²) in [6, 6.07) is 16.4. The van der Waals surface area contributed by atoms with Crippen molar-refractivity contribution in [3.05, 3.63) is 65.2 Å². The zero-order chi connectivity index (χ0) is 17.6. The molecule has 0 spiro atoms. The zero-order valence-electron chi connectivity index (χ0n) is 13.9.